The van der Waals surface area contributed by atoms with Crippen molar-refractivity contribution in [3.05, 3.63) is 35.5 Å². The number of hydrogen-bond acceptors (Lipinski definition) is 9. The predicted octanol–water partition coefficient (Wildman–Crippen LogP) is 1.61. The van der Waals surface area contributed by atoms with Gasteiger partial charge in [-0.1, -0.05) is 11.6 Å². The maximum absolute atomic E-state index is 6.21. The molecule has 5 rings (SSSR count). The van der Waals surface area contributed by atoms with Gasteiger partial charge in [-0.2, -0.15) is 4.98 Å². The van der Waals surface area contributed by atoms with E-state index in [2.05, 4.69) is 30.3 Å². The molecule has 11 heteroatoms. The zero-order chi connectivity index (χ0) is 20.5. The maximum atomic E-state index is 6.21. The SMILES string of the molecule is Nc1nn2cc(Cl)cnc2c1CNc1cncnc1OC1CCN(C2COC2)CC1. The Balaban J connectivity index is 1.25. The third-order valence-electron chi connectivity index (χ3n) is 5.59. The number of rotatable bonds is 6. The topological polar surface area (TPSA) is 116 Å². The minimum Gasteiger partial charge on any atom is -0.473 e. The van der Waals surface area contributed by atoms with Crippen molar-refractivity contribution in [1.29, 1.82) is 0 Å². The number of ether oxygens (including phenoxy) is 2. The summed E-state index contributed by atoms with van der Waals surface area (Å²) in [5.74, 6) is 0.936. The number of nitrogens with one attached hydrogen (secondary N) is 1. The van der Waals surface area contributed by atoms with Crippen LogP contribution in [0.1, 0.15) is 18.4 Å². The minimum absolute atomic E-state index is 0.128. The van der Waals surface area contributed by atoms with Crippen LogP contribution in [0.25, 0.3) is 5.65 Å². The molecular formula is C19H23ClN8O2. The monoisotopic (exact) mass is 430 g/mol. The van der Waals surface area contributed by atoms with E-state index in [1.54, 1.807) is 23.1 Å². The standard InChI is InChI=1S/C19H23ClN8O2/c20-12-5-24-18-15(17(21)26-28(18)8-12)6-23-16-7-22-11-25-19(16)30-14-1-3-27(4-2-14)13-9-29-10-13/h5,7-8,11,13-14,23H,1-4,6,9-10H2,(H2,21,26). The minimum atomic E-state index is 0.128. The molecule has 0 spiro atoms. The van der Waals surface area contributed by atoms with E-state index >= 15 is 0 Å². The summed E-state index contributed by atoms with van der Waals surface area (Å²) in [7, 11) is 0. The molecule has 158 valence electrons. The van der Waals surface area contributed by atoms with Crippen LogP contribution in [-0.4, -0.2) is 67.9 Å². The van der Waals surface area contributed by atoms with E-state index < -0.39 is 0 Å². The van der Waals surface area contributed by atoms with Crippen molar-refractivity contribution in [2.75, 3.05) is 37.4 Å². The summed E-state index contributed by atoms with van der Waals surface area (Å²) >= 11 is 5.98. The van der Waals surface area contributed by atoms with Gasteiger partial charge < -0.3 is 20.5 Å². The first kappa shape index (κ1) is 19.3. The highest BCUT2D eigenvalue weighted by Gasteiger charge is 2.30. The molecule has 2 fully saturated rings. The number of aromatic nitrogens is 5. The quantitative estimate of drug-likeness (QED) is 0.601. The van der Waals surface area contributed by atoms with Crippen molar-refractivity contribution in [3.63, 3.8) is 0 Å². The lowest BCUT2D eigenvalue weighted by Crippen LogP contribution is -2.52. The Morgan fingerprint density at radius 3 is 2.83 bits per heavy atom. The van der Waals surface area contributed by atoms with E-state index in [4.69, 9.17) is 26.8 Å². The molecule has 30 heavy (non-hydrogen) atoms. The average molecular weight is 431 g/mol. The number of halogens is 1. The van der Waals surface area contributed by atoms with E-state index in [9.17, 15) is 0 Å². The fourth-order valence-corrected chi connectivity index (χ4v) is 3.96. The number of nitrogens with two attached hydrogens (primary N) is 1. The molecule has 3 aromatic heterocycles. The van der Waals surface area contributed by atoms with E-state index in [1.165, 1.54) is 6.33 Å². The summed E-state index contributed by atoms with van der Waals surface area (Å²) in [6.07, 6.45) is 8.50. The first-order chi connectivity index (χ1) is 14.7. The largest absolute Gasteiger partial charge is 0.473 e. The Morgan fingerprint density at radius 1 is 1.23 bits per heavy atom. The highest BCUT2D eigenvalue weighted by molar-refractivity contribution is 6.30. The van der Waals surface area contributed by atoms with E-state index in [1.807, 2.05) is 0 Å². The number of hydrogen-bond donors (Lipinski definition) is 2. The van der Waals surface area contributed by atoms with Gasteiger partial charge in [-0.25, -0.2) is 14.5 Å². The molecule has 5 heterocycles. The summed E-state index contributed by atoms with van der Waals surface area (Å²) in [5, 5.41) is 8.07. The molecule has 0 aromatic carbocycles. The zero-order valence-corrected chi connectivity index (χ0v) is 17.1. The van der Waals surface area contributed by atoms with Crippen LogP contribution in [0.5, 0.6) is 5.88 Å². The molecule has 2 saturated heterocycles. The molecule has 3 aromatic rings. The number of piperidine rings is 1. The molecular weight excluding hydrogens is 408 g/mol. The maximum Gasteiger partial charge on any atom is 0.240 e. The number of nitrogens with zero attached hydrogens (tertiary/aromatic N) is 6. The molecule has 2 aliphatic rings. The molecule has 2 aliphatic heterocycles. The van der Waals surface area contributed by atoms with Crippen molar-refractivity contribution < 1.29 is 9.47 Å². The van der Waals surface area contributed by atoms with Crippen LogP contribution in [0, 0.1) is 0 Å². The van der Waals surface area contributed by atoms with Crippen LogP contribution < -0.4 is 15.8 Å². The fraction of sp³-hybridized carbons (Fsp3) is 0.474. The highest BCUT2D eigenvalue weighted by Crippen LogP contribution is 2.27. The van der Waals surface area contributed by atoms with Crippen LogP contribution in [-0.2, 0) is 11.3 Å². The Hall–Kier alpha value is -2.69. The third kappa shape index (κ3) is 3.85. The Labute approximate surface area is 178 Å². The average Bonchev–Trinajstić information content (AvgIpc) is 3.01. The van der Waals surface area contributed by atoms with Crippen LogP contribution in [0.3, 0.4) is 0 Å². The van der Waals surface area contributed by atoms with Crippen LogP contribution in [0.4, 0.5) is 11.5 Å². The van der Waals surface area contributed by atoms with Gasteiger partial charge >= 0.3 is 0 Å². The first-order valence-corrected chi connectivity index (χ1v) is 10.4. The van der Waals surface area contributed by atoms with Gasteiger partial charge in [0.05, 0.1) is 42.2 Å². The molecule has 3 N–H and O–H groups in total. The molecule has 0 bridgehead atoms. The van der Waals surface area contributed by atoms with E-state index in [0.29, 0.717) is 40.6 Å². The van der Waals surface area contributed by atoms with Crippen molar-refractivity contribution in [1.82, 2.24) is 29.5 Å². The number of anilines is 2. The van der Waals surface area contributed by atoms with E-state index in [-0.39, 0.29) is 6.10 Å². The molecule has 10 nitrogen and oxygen atoms in total. The van der Waals surface area contributed by atoms with Crippen LogP contribution >= 0.6 is 11.6 Å². The smallest absolute Gasteiger partial charge is 0.240 e. The summed E-state index contributed by atoms with van der Waals surface area (Å²) in [6.45, 7) is 4.13. The zero-order valence-electron chi connectivity index (χ0n) is 16.4. The lowest BCUT2D eigenvalue weighted by atomic mass is 10.0. The third-order valence-corrected chi connectivity index (χ3v) is 5.79. The normalized spacial score (nSPS) is 18.4. The Kier molecular flexibility index (Phi) is 5.28. The van der Waals surface area contributed by atoms with Gasteiger partial charge in [0.15, 0.2) is 11.5 Å². The first-order valence-electron chi connectivity index (χ1n) is 9.98. The van der Waals surface area contributed by atoms with Gasteiger partial charge in [0.25, 0.3) is 0 Å². The second kappa shape index (κ2) is 8.21. The fourth-order valence-electron chi connectivity index (χ4n) is 3.81. The van der Waals surface area contributed by atoms with Gasteiger partial charge in [-0.05, 0) is 12.8 Å². The lowest BCUT2D eigenvalue weighted by molar-refractivity contribution is -0.0779. The van der Waals surface area contributed by atoms with Gasteiger partial charge in [0.1, 0.15) is 18.1 Å². The van der Waals surface area contributed by atoms with Gasteiger partial charge in [-0.3, -0.25) is 4.90 Å². The Bertz CT molecular complexity index is 1030. The van der Waals surface area contributed by atoms with Crippen LogP contribution in [0.2, 0.25) is 5.02 Å². The second-order valence-electron chi connectivity index (χ2n) is 7.54. The molecule has 0 atom stereocenters. The molecule has 0 saturated carbocycles. The predicted molar refractivity (Wildman–Crippen MR) is 112 cm³/mol. The van der Waals surface area contributed by atoms with Crippen molar-refractivity contribution in [2.24, 2.45) is 0 Å². The van der Waals surface area contributed by atoms with E-state index in [0.717, 1.165) is 44.7 Å². The number of fused-ring (bicyclic) bond motifs is 1. The lowest BCUT2D eigenvalue weighted by Gasteiger charge is -2.41. The molecule has 0 amide bonds. The highest BCUT2D eigenvalue weighted by atomic mass is 35.5. The van der Waals surface area contributed by atoms with Crippen molar-refractivity contribution >= 4 is 28.8 Å². The molecule has 0 unspecified atom stereocenters. The Morgan fingerprint density at radius 2 is 2.07 bits per heavy atom. The molecule has 0 aliphatic carbocycles. The van der Waals surface area contributed by atoms with Gasteiger partial charge in [-0.15, -0.1) is 5.10 Å². The number of nitrogen functional groups attached to an aromatic ring is 1. The van der Waals surface area contributed by atoms with Crippen molar-refractivity contribution in [2.45, 2.75) is 31.5 Å². The van der Waals surface area contributed by atoms with Gasteiger partial charge in [0, 0.05) is 25.8 Å². The van der Waals surface area contributed by atoms with Crippen molar-refractivity contribution in [3.8, 4) is 5.88 Å². The summed E-state index contributed by atoms with van der Waals surface area (Å²) in [4.78, 5) is 15.3. The van der Waals surface area contributed by atoms with Crippen LogP contribution in [0.15, 0.2) is 24.9 Å². The summed E-state index contributed by atoms with van der Waals surface area (Å²) in [5.41, 5.74) is 8.21. The second-order valence-corrected chi connectivity index (χ2v) is 7.98. The molecule has 0 radical (unpaired) electrons. The number of likely N-dealkylation sites (tertiary alicyclic amines) is 1. The summed E-state index contributed by atoms with van der Waals surface area (Å²) in [6, 6.07) is 0.571. The summed E-state index contributed by atoms with van der Waals surface area (Å²) < 4.78 is 13.1. The van der Waals surface area contributed by atoms with Gasteiger partial charge in [0.2, 0.25) is 5.88 Å².